The van der Waals surface area contributed by atoms with Crippen molar-refractivity contribution in [2.24, 2.45) is 11.5 Å². The Kier molecular flexibility index (Phi) is 19.1. The lowest BCUT2D eigenvalue weighted by Crippen LogP contribution is -2.45. The van der Waals surface area contributed by atoms with Crippen molar-refractivity contribution in [3.8, 4) is 0 Å². The van der Waals surface area contributed by atoms with Crippen molar-refractivity contribution in [3.05, 3.63) is 0 Å². The molecule has 0 aromatic heterocycles. The van der Waals surface area contributed by atoms with Crippen molar-refractivity contribution in [2.45, 2.75) is 31.4 Å². The summed E-state index contributed by atoms with van der Waals surface area (Å²) in [5.41, 5.74) is 10.8. The highest BCUT2D eigenvalue weighted by molar-refractivity contribution is 6.52. The SMILES string of the molecule is CO[B]NCCB(CCN(CC[B]OCN)C(=O)C[C@H](N[B]OC)C(=O)O)OCN. The lowest BCUT2D eigenvalue weighted by Gasteiger charge is -2.26. The fourth-order valence-corrected chi connectivity index (χ4v) is 2.53. The summed E-state index contributed by atoms with van der Waals surface area (Å²) in [7, 11) is 7.04. The van der Waals surface area contributed by atoms with Gasteiger partial charge in [0.15, 0.2) is 0 Å². The van der Waals surface area contributed by atoms with Gasteiger partial charge in [0.1, 0.15) is 6.04 Å². The van der Waals surface area contributed by atoms with E-state index in [-0.39, 0.29) is 32.7 Å². The van der Waals surface area contributed by atoms with Gasteiger partial charge in [-0.3, -0.25) is 9.59 Å². The number of aliphatic carboxylic acids is 1. The van der Waals surface area contributed by atoms with Gasteiger partial charge >= 0.3 is 21.2 Å². The lowest BCUT2D eigenvalue weighted by molar-refractivity contribution is -0.143. The summed E-state index contributed by atoms with van der Waals surface area (Å²) in [6, 6.07) is -1.10. The highest BCUT2D eigenvalue weighted by atomic mass is 16.4. The number of nitrogens with zero attached hydrogens (tertiary/aromatic N) is 1. The summed E-state index contributed by atoms with van der Waals surface area (Å²) in [6.45, 7) is 1.26. The van der Waals surface area contributed by atoms with Gasteiger partial charge in [-0.25, -0.2) is 0 Å². The monoisotopic (exact) mass is 426 g/mol. The molecule has 0 aromatic rings. The number of rotatable bonds is 21. The molecule has 0 rings (SSSR count). The van der Waals surface area contributed by atoms with Crippen molar-refractivity contribution < 1.29 is 33.3 Å². The number of carbonyl (C=O) groups excluding carboxylic acids is 1. The van der Waals surface area contributed by atoms with Crippen LogP contribution in [0.1, 0.15) is 6.42 Å². The first-order valence-corrected chi connectivity index (χ1v) is 9.64. The fourth-order valence-electron chi connectivity index (χ4n) is 2.53. The topological polar surface area (TPSA) is 171 Å². The second-order valence-corrected chi connectivity index (χ2v) is 6.12. The number of hydrogen-bond donors (Lipinski definition) is 5. The molecule has 1 amide bonds. The van der Waals surface area contributed by atoms with E-state index in [0.29, 0.717) is 38.6 Å². The Bertz CT molecular complexity index is 459. The minimum Gasteiger partial charge on any atom is -0.480 e. The third-order valence-electron chi connectivity index (χ3n) is 4.01. The summed E-state index contributed by atoms with van der Waals surface area (Å²) in [5.74, 6) is -1.47. The number of amides is 1. The minimum atomic E-state index is -1.15. The minimum absolute atomic E-state index is 0.0454. The molecule has 0 aromatic carbocycles. The van der Waals surface area contributed by atoms with Gasteiger partial charge in [-0.05, 0) is 25.5 Å². The number of hydrogen-bond acceptors (Lipinski definition) is 10. The van der Waals surface area contributed by atoms with Crippen LogP contribution in [0.25, 0.3) is 0 Å². The van der Waals surface area contributed by atoms with Crippen LogP contribution in [0.5, 0.6) is 0 Å². The molecule has 7 N–H and O–H groups in total. The van der Waals surface area contributed by atoms with Crippen LogP contribution in [0.15, 0.2) is 0 Å². The van der Waals surface area contributed by atoms with Gasteiger partial charge in [-0.2, -0.15) is 0 Å². The lowest BCUT2D eigenvalue weighted by atomic mass is 9.61. The van der Waals surface area contributed by atoms with E-state index in [4.69, 9.17) is 30.1 Å². The molecule has 0 aliphatic heterocycles. The van der Waals surface area contributed by atoms with Gasteiger partial charge in [0, 0.05) is 27.3 Å². The molecule has 0 unspecified atom stereocenters. The van der Waals surface area contributed by atoms with E-state index < -0.39 is 12.0 Å². The molecule has 0 fully saturated rings. The Morgan fingerprint density at radius 3 is 2.47 bits per heavy atom. The van der Waals surface area contributed by atoms with Gasteiger partial charge in [0.25, 0.3) is 14.4 Å². The molecule has 0 heterocycles. The predicted molar refractivity (Wildman–Crippen MR) is 115 cm³/mol. The number of nitrogens with one attached hydrogen (secondary N) is 2. The Morgan fingerprint density at radius 1 is 1.13 bits per heavy atom. The molecule has 0 saturated heterocycles. The largest absolute Gasteiger partial charge is 0.480 e. The van der Waals surface area contributed by atoms with Crippen LogP contribution >= 0.6 is 0 Å². The number of carboxylic acids is 1. The zero-order valence-corrected chi connectivity index (χ0v) is 17.7. The van der Waals surface area contributed by atoms with Crippen LogP contribution in [0.2, 0.25) is 19.0 Å². The first kappa shape index (κ1) is 28.9. The van der Waals surface area contributed by atoms with Crippen molar-refractivity contribution in [1.82, 2.24) is 15.4 Å². The molecule has 167 valence electrons. The van der Waals surface area contributed by atoms with E-state index in [0.717, 1.165) is 7.62 Å². The predicted octanol–water partition coefficient (Wildman–Crippen LogP) is -2.91. The molecule has 0 spiro atoms. The number of nitrogens with two attached hydrogens (primary N) is 2. The molecule has 3 radical (unpaired) electrons. The quantitative estimate of drug-likeness (QED) is 0.0725. The van der Waals surface area contributed by atoms with E-state index in [1.165, 1.54) is 22.2 Å². The normalized spacial score (nSPS) is 11.6. The number of carbonyl (C=O) groups is 2. The molecular weight excluding hydrogens is 393 g/mol. The maximum absolute atomic E-state index is 12.7. The summed E-state index contributed by atoms with van der Waals surface area (Å²) < 4.78 is 20.1. The molecule has 30 heavy (non-hydrogen) atoms. The van der Waals surface area contributed by atoms with Gasteiger partial charge < -0.3 is 50.5 Å². The maximum Gasteiger partial charge on any atom is 0.396 e. The van der Waals surface area contributed by atoms with Gasteiger partial charge in [0.05, 0.1) is 19.9 Å². The second-order valence-electron chi connectivity index (χ2n) is 6.12. The Morgan fingerprint density at radius 2 is 1.87 bits per heavy atom. The molecule has 0 aliphatic carbocycles. The van der Waals surface area contributed by atoms with Gasteiger partial charge in [-0.15, -0.1) is 0 Å². The van der Waals surface area contributed by atoms with Crippen molar-refractivity contribution >= 4 is 41.5 Å². The van der Waals surface area contributed by atoms with Crippen LogP contribution in [0.3, 0.4) is 0 Å². The standard InChI is InChI=1S/C14H32B4N5O7/c1-27-16-21-6-4-18(30-11-20)5-8-23(7-3-15-29-10-19)13(24)9-12(14(25)26)22-17-28-2/h12,21-22H,3-11,19-20H2,1-2H3,(H,25,26)/t12-/m0/s1. The Labute approximate surface area is 181 Å². The first-order valence-electron chi connectivity index (χ1n) is 9.64. The van der Waals surface area contributed by atoms with Crippen molar-refractivity contribution in [2.75, 3.05) is 47.3 Å². The van der Waals surface area contributed by atoms with E-state index in [2.05, 4.69) is 10.5 Å². The molecule has 12 nitrogen and oxygen atoms in total. The summed E-state index contributed by atoms with van der Waals surface area (Å²) in [5, 5.41) is 14.8. The molecule has 0 bridgehead atoms. The summed E-state index contributed by atoms with van der Waals surface area (Å²) in [4.78, 5) is 25.7. The smallest absolute Gasteiger partial charge is 0.396 e. The van der Waals surface area contributed by atoms with Gasteiger partial charge in [-0.1, -0.05) is 0 Å². The van der Waals surface area contributed by atoms with Gasteiger partial charge in [0.2, 0.25) is 5.91 Å². The zero-order valence-electron chi connectivity index (χ0n) is 17.7. The zero-order chi connectivity index (χ0) is 22.6. The Balaban J connectivity index is 4.84. The highest BCUT2D eigenvalue weighted by Gasteiger charge is 2.25. The average Bonchev–Trinajstić information content (AvgIpc) is 2.72. The maximum atomic E-state index is 12.7. The third kappa shape index (κ3) is 14.8. The van der Waals surface area contributed by atoms with Crippen LogP contribution in [0, 0.1) is 0 Å². The fraction of sp³-hybridized carbons (Fsp3) is 0.857. The van der Waals surface area contributed by atoms with E-state index >= 15 is 0 Å². The van der Waals surface area contributed by atoms with Crippen molar-refractivity contribution in [3.63, 3.8) is 0 Å². The summed E-state index contributed by atoms with van der Waals surface area (Å²) >= 11 is 0. The van der Waals surface area contributed by atoms with Crippen LogP contribution < -0.4 is 21.9 Å². The Hall–Kier alpha value is -1.12. The van der Waals surface area contributed by atoms with Crippen molar-refractivity contribution in [1.29, 1.82) is 0 Å². The second kappa shape index (κ2) is 19.8. The average molecular weight is 426 g/mol. The van der Waals surface area contributed by atoms with E-state index in [9.17, 15) is 14.7 Å². The molecular formula is C14H32B4N5O7. The first-order chi connectivity index (χ1) is 14.5. The molecule has 0 saturated carbocycles. The van der Waals surface area contributed by atoms with E-state index in [1.54, 1.807) is 12.0 Å². The van der Waals surface area contributed by atoms with Crippen LogP contribution in [-0.4, -0.2) is 105 Å². The number of carboxylic acid groups (broad SMARTS) is 1. The molecule has 1 atom stereocenters. The third-order valence-corrected chi connectivity index (χ3v) is 4.01. The van der Waals surface area contributed by atoms with E-state index in [1.807, 2.05) is 0 Å². The molecule has 16 heteroatoms. The molecule has 0 aliphatic rings. The highest BCUT2D eigenvalue weighted by Crippen LogP contribution is 2.08. The van der Waals surface area contributed by atoms with Crippen LogP contribution in [-0.2, 0) is 28.2 Å². The summed E-state index contributed by atoms with van der Waals surface area (Å²) in [6.07, 6.45) is 1.40. The van der Waals surface area contributed by atoms with Crippen LogP contribution in [0.4, 0.5) is 0 Å².